The SMILES string of the molecule is C=C(Nc1cnc(N)nc1)C(=N)c1cc(-c2cncc(Cc3ccccc3)c2)ccc1C. The van der Waals surface area contributed by atoms with Crippen molar-refractivity contribution < 1.29 is 0 Å². The molecular weight excluding hydrogens is 396 g/mol. The summed E-state index contributed by atoms with van der Waals surface area (Å²) in [7, 11) is 0. The van der Waals surface area contributed by atoms with Crippen molar-refractivity contribution in [2.24, 2.45) is 0 Å². The summed E-state index contributed by atoms with van der Waals surface area (Å²) in [6, 6.07) is 18.6. The summed E-state index contributed by atoms with van der Waals surface area (Å²) in [4.78, 5) is 12.4. The number of rotatable bonds is 7. The number of allylic oxidation sites excluding steroid dienone is 1. The molecule has 0 bridgehead atoms. The van der Waals surface area contributed by atoms with Gasteiger partial charge in [0.05, 0.1) is 29.5 Å². The Bertz CT molecular complexity index is 1260. The molecule has 0 aliphatic carbocycles. The van der Waals surface area contributed by atoms with Gasteiger partial charge in [-0.3, -0.25) is 10.4 Å². The van der Waals surface area contributed by atoms with Gasteiger partial charge in [-0.2, -0.15) is 0 Å². The second-order valence-corrected chi connectivity index (χ2v) is 7.58. The molecule has 32 heavy (non-hydrogen) atoms. The summed E-state index contributed by atoms with van der Waals surface area (Å²) in [5.74, 6) is 0.197. The van der Waals surface area contributed by atoms with E-state index in [0.717, 1.165) is 34.2 Å². The van der Waals surface area contributed by atoms with Gasteiger partial charge < -0.3 is 11.1 Å². The summed E-state index contributed by atoms with van der Waals surface area (Å²) in [5.41, 5.74) is 13.1. The van der Waals surface area contributed by atoms with Crippen molar-refractivity contribution in [1.29, 1.82) is 5.41 Å². The lowest BCUT2D eigenvalue weighted by Gasteiger charge is -2.14. The van der Waals surface area contributed by atoms with Crippen LogP contribution < -0.4 is 11.1 Å². The van der Waals surface area contributed by atoms with E-state index in [2.05, 4.69) is 51.1 Å². The molecule has 2 heterocycles. The summed E-state index contributed by atoms with van der Waals surface area (Å²) >= 11 is 0. The average molecular weight is 421 g/mol. The van der Waals surface area contributed by atoms with E-state index in [1.54, 1.807) is 12.4 Å². The van der Waals surface area contributed by atoms with Crippen LogP contribution in [0.4, 0.5) is 11.6 Å². The molecule has 0 saturated heterocycles. The first kappa shape index (κ1) is 20.9. The van der Waals surface area contributed by atoms with Crippen LogP contribution in [0.15, 0.2) is 91.7 Å². The molecule has 0 fully saturated rings. The number of hydrogen-bond acceptors (Lipinski definition) is 6. The lowest BCUT2D eigenvalue weighted by molar-refractivity contribution is 1.15. The molecule has 158 valence electrons. The van der Waals surface area contributed by atoms with Crippen LogP contribution in [0.3, 0.4) is 0 Å². The van der Waals surface area contributed by atoms with Crippen molar-refractivity contribution >= 4 is 17.3 Å². The van der Waals surface area contributed by atoms with Gasteiger partial charge in [0.25, 0.3) is 0 Å². The quantitative estimate of drug-likeness (QED) is 0.365. The number of nitrogens with two attached hydrogens (primary N) is 1. The number of pyridine rings is 1. The molecule has 4 aromatic rings. The molecule has 2 aromatic heterocycles. The summed E-state index contributed by atoms with van der Waals surface area (Å²) in [6.07, 6.45) is 7.70. The Morgan fingerprint density at radius 1 is 0.938 bits per heavy atom. The van der Waals surface area contributed by atoms with Crippen molar-refractivity contribution in [2.75, 3.05) is 11.1 Å². The Labute approximate surface area is 187 Å². The Morgan fingerprint density at radius 2 is 1.69 bits per heavy atom. The van der Waals surface area contributed by atoms with Gasteiger partial charge in [-0.1, -0.05) is 49.0 Å². The number of nitrogen functional groups attached to an aromatic ring is 1. The first-order chi connectivity index (χ1) is 15.5. The van der Waals surface area contributed by atoms with Crippen molar-refractivity contribution in [1.82, 2.24) is 15.0 Å². The minimum atomic E-state index is 0.197. The highest BCUT2D eigenvalue weighted by atomic mass is 15.0. The molecule has 0 radical (unpaired) electrons. The minimum absolute atomic E-state index is 0.197. The fraction of sp³-hybridized carbons (Fsp3) is 0.0769. The average Bonchev–Trinajstić information content (AvgIpc) is 2.81. The van der Waals surface area contributed by atoms with Gasteiger partial charge in [0.1, 0.15) is 0 Å². The Morgan fingerprint density at radius 3 is 2.44 bits per heavy atom. The first-order valence-electron chi connectivity index (χ1n) is 10.2. The van der Waals surface area contributed by atoms with Crippen molar-refractivity contribution in [3.05, 3.63) is 114 Å². The summed E-state index contributed by atoms with van der Waals surface area (Å²) < 4.78 is 0. The first-order valence-corrected chi connectivity index (χ1v) is 10.2. The van der Waals surface area contributed by atoms with Crippen LogP contribution in [0.25, 0.3) is 11.1 Å². The van der Waals surface area contributed by atoms with Gasteiger partial charge in [-0.25, -0.2) is 9.97 Å². The third-order valence-electron chi connectivity index (χ3n) is 5.16. The lowest BCUT2D eigenvalue weighted by atomic mass is 9.95. The summed E-state index contributed by atoms with van der Waals surface area (Å²) in [6.45, 7) is 6.00. The lowest BCUT2D eigenvalue weighted by Crippen LogP contribution is -2.12. The molecule has 6 heteroatoms. The van der Waals surface area contributed by atoms with Gasteiger partial charge >= 0.3 is 0 Å². The highest BCUT2D eigenvalue weighted by molar-refractivity contribution is 6.13. The topological polar surface area (TPSA) is 101 Å². The van der Waals surface area contributed by atoms with E-state index in [0.29, 0.717) is 17.1 Å². The van der Waals surface area contributed by atoms with Crippen LogP contribution in [0.1, 0.15) is 22.3 Å². The molecule has 4 rings (SSSR count). The second kappa shape index (κ2) is 9.22. The largest absolute Gasteiger partial charge is 0.368 e. The molecule has 4 N–H and O–H groups in total. The number of anilines is 2. The normalized spacial score (nSPS) is 10.5. The van der Waals surface area contributed by atoms with Crippen LogP contribution in [0.2, 0.25) is 0 Å². The number of aryl methyl sites for hydroxylation is 1. The molecule has 0 saturated carbocycles. The number of benzene rings is 2. The van der Waals surface area contributed by atoms with Crippen LogP contribution in [0, 0.1) is 12.3 Å². The van der Waals surface area contributed by atoms with Crippen molar-refractivity contribution in [2.45, 2.75) is 13.3 Å². The molecule has 0 atom stereocenters. The van der Waals surface area contributed by atoms with E-state index in [9.17, 15) is 0 Å². The van der Waals surface area contributed by atoms with Gasteiger partial charge in [0.2, 0.25) is 5.95 Å². The van der Waals surface area contributed by atoms with Gasteiger partial charge in [-0.05, 0) is 47.7 Å². The molecule has 0 amide bonds. The second-order valence-electron chi connectivity index (χ2n) is 7.58. The van der Waals surface area contributed by atoms with Crippen molar-refractivity contribution in [3.8, 4) is 11.1 Å². The van der Waals surface area contributed by atoms with E-state index in [-0.39, 0.29) is 5.95 Å². The summed E-state index contributed by atoms with van der Waals surface area (Å²) in [5, 5.41) is 11.8. The zero-order valence-electron chi connectivity index (χ0n) is 17.8. The highest BCUT2D eigenvalue weighted by Gasteiger charge is 2.12. The fourth-order valence-corrected chi connectivity index (χ4v) is 3.45. The molecular formula is C26H24N6. The third kappa shape index (κ3) is 4.87. The standard InChI is InChI=1S/C26H24N6/c1-17-8-9-21(22-11-20(13-29-14-22)10-19-6-4-3-5-7-19)12-24(17)25(27)18(2)32-23-15-30-26(28)31-16-23/h3-9,11-16,27,32H,2,10H2,1H3,(H2,28,30,31). The Kier molecular flexibility index (Phi) is 6.03. The van der Waals surface area contributed by atoms with Gasteiger partial charge in [0.15, 0.2) is 0 Å². The number of hydrogen-bond donors (Lipinski definition) is 3. The third-order valence-corrected chi connectivity index (χ3v) is 5.16. The number of nitrogens with zero attached hydrogens (tertiary/aromatic N) is 3. The molecule has 0 aliphatic rings. The van der Waals surface area contributed by atoms with E-state index < -0.39 is 0 Å². The van der Waals surface area contributed by atoms with E-state index in [4.69, 9.17) is 11.1 Å². The van der Waals surface area contributed by atoms with Gasteiger partial charge in [0, 0.05) is 23.5 Å². The Balaban J connectivity index is 1.57. The van der Waals surface area contributed by atoms with Crippen LogP contribution >= 0.6 is 0 Å². The smallest absolute Gasteiger partial charge is 0.220 e. The molecule has 0 aliphatic heterocycles. The number of aromatic nitrogens is 3. The maximum atomic E-state index is 8.67. The Hall–Kier alpha value is -4.32. The molecule has 0 spiro atoms. The van der Waals surface area contributed by atoms with Crippen LogP contribution in [-0.4, -0.2) is 20.7 Å². The maximum absolute atomic E-state index is 8.67. The zero-order chi connectivity index (χ0) is 22.5. The van der Waals surface area contributed by atoms with E-state index in [1.807, 2.05) is 49.6 Å². The molecule has 0 unspecified atom stereocenters. The number of nitrogens with one attached hydrogen (secondary N) is 2. The van der Waals surface area contributed by atoms with E-state index >= 15 is 0 Å². The highest BCUT2D eigenvalue weighted by Crippen LogP contribution is 2.25. The van der Waals surface area contributed by atoms with E-state index in [1.165, 1.54) is 5.56 Å². The fourth-order valence-electron chi connectivity index (χ4n) is 3.45. The maximum Gasteiger partial charge on any atom is 0.220 e. The predicted molar refractivity (Wildman–Crippen MR) is 130 cm³/mol. The zero-order valence-corrected chi connectivity index (χ0v) is 17.8. The molecule has 6 nitrogen and oxygen atoms in total. The molecule has 2 aromatic carbocycles. The van der Waals surface area contributed by atoms with Crippen molar-refractivity contribution in [3.63, 3.8) is 0 Å². The van der Waals surface area contributed by atoms with Crippen LogP contribution in [0.5, 0.6) is 0 Å². The predicted octanol–water partition coefficient (Wildman–Crippen LogP) is 5.01. The van der Waals surface area contributed by atoms with Gasteiger partial charge in [-0.15, -0.1) is 0 Å². The van der Waals surface area contributed by atoms with Crippen LogP contribution in [-0.2, 0) is 6.42 Å². The monoisotopic (exact) mass is 420 g/mol. The minimum Gasteiger partial charge on any atom is -0.368 e.